The number of aliphatic hydroxyl groups is 1. The molecule has 0 radical (unpaired) electrons. The van der Waals surface area contributed by atoms with E-state index in [1.54, 1.807) is 24.3 Å². The fourth-order valence-corrected chi connectivity index (χ4v) is 5.80. The molecule has 4 aromatic rings. The SMILES string of the molecule is O=C1C(=O)N(c2nnc(SCc3ccc(Cl)cc3)s2)C(c2ccc(O)cc2)/C1=C(/O)c1ccc(F)cc1. The van der Waals surface area contributed by atoms with Gasteiger partial charge in [-0.15, -0.1) is 10.2 Å². The molecule has 186 valence electrons. The van der Waals surface area contributed by atoms with Gasteiger partial charge in [-0.2, -0.15) is 0 Å². The van der Waals surface area contributed by atoms with Gasteiger partial charge in [0.25, 0.3) is 5.78 Å². The largest absolute Gasteiger partial charge is 0.508 e. The maximum absolute atomic E-state index is 13.4. The molecule has 5 rings (SSSR count). The molecule has 3 aromatic carbocycles. The quantitative estimate of drug-likeness (QED) is 0.0998. The molecule has 7 nitrogen and oxygen atoms in total. The van der Waals surface area contributed by atoms with E-state index in [4.69, 9.17) is 11.6 Å². The number of hydrogen-bond donors (Lipinski definition) is 2. The Balaban J connectivity index is 1.53. The Bertz CT molecular complexity index is 1510. The molecule has 1 saturated heterocycles. The van der Waals surface area contributed by atoms with Gasteiger partial charge in [-0.3, -0.25) is 14.5 Å². The number of carbonyl (C=O) groups is 2. The number of phenolic OH excluding ortho intramolecular Hbond substituents is 1. The Hall–Kier alpha value is -3.73. The van der Waals surface area contributed by atoms with Crippen molar-refractivity contribution in [1.82, 2.24) is 10.2 Å². The smallest absolute Gasteiger partial charge is 0.301 e. The lowest BCUT2D eigenvalue weighted by molar-refractivity contribution is -0.132. The van der Waals surface area contributed by atoms with Gasteiger partial charge in [-0.05, 0) is 59.7 Å². The molecule has 0 spiro atoms. The predicted molar refractivity (Wildman–Crippen MR) is 140 cm³/mol. The van der Waals surface area contributed by atoms with Crippen molar-refractivity contribution in [2.75, 3.05) is 4.90 Å². The van der Waals surface area contributed by atoms with E-state index in [1.165, 1.54) is 40.9 Å². The van der Waals surface area contributed by atoms with Crippen LogP contribution in [-0.2, 0) is 15.3 Å². The van der Waals surface area contributed by atoms with Gasteiger partial charge >= 0.3 is 5.91 Å². The molecule has 0 saturated carbocycles. The number of aliphatic hydroxyl groups excluding tert-OH is 1. The van der Waals surface area contributed by atoms with E-state index < -0.39 is 29.3 Å². The highest BCUT2D eigenvalue weighted by Crippen LogP contribution is 2.44. The zero-order valence-corrected chi connectivity index (χ0v) is 21.2. The third-order valence-electron chi connectivity index (χ3n) is 5.65. The van der Waals surface area contributed by atoms with Crippen LogP contribution in [0.5, 0.6) is 5.75 Å². The molecular formula is C26H17ClFN3O4S2. The standard InChI is InChI=1S/C26H17ClFN3O4S2/c27-17-7-1-14(2-8-17)13-36-26-30-29-25(37-26)31-21(15-5-11-19(32)12-6-15)20(23(34)24(31)35)22(33)16-3-9-18(28)10-4-16/h1-12,21,32-33H,13H2/b22-20-. The molecule has 1 unspecified atom stereocenters. The summed E-state index contributed by atoms with van der Waals surface area (Å²) in [7, 11) is 0. The van der Waals surface area contributed by atoms with E-state index in [0.29, 0.717) is 20.7 Å². The van der Waals surface area contributed by atoms with Crippen molar-refractivity contribution in [3.05, 3.63) is 106 Å². The Morgan fingerprint density at radius 2 is 1.68 bits per heavy atom. The molecule has 11 heteroatoms. The number of phenols is 1. The van der Waals surface area contributed by atoms with Crippen molar-refractivity contribution in [1.29, 1.82) is 0 Å². The lowest BCUT2D eigenvalue weighted by atomic mass is 9.95. The van der Waals surface area contributed by atoms with Crippen LogP contribution in [0.1, 0.15) is 22.7 Å². The predicted octanol–water partition coefficient (Wildman–Crippen LogP) is 5.95. The minimum absolute atomic E-state index is 0.00367. The molecule has 1 aliphatic rings. The van der Waals surface area contributed by atoms with Gasteiger partial charge < -0.3 is 10.2 Å². The zero-order valence-electron chi connectivity index (χ0n) is 18.8. The summed E-state index contributed by atoms with van der Waals surface area (Å²) in [5.41, 5.74) is 1.49. The van der Waals surface area contributed by atoms with Crippen LogP contribution in [0.4, 0.5) is 9.52 Å². The molecule has 1 fully saturated rings. The maximum atomic E-state index is 13.4. The lowest BCUT2D eigenvalue weighted by Crippen LogP contribution is -2.29. The molecule has 1 amide bonds. The van der Waals surface area contributed by atoms with Crippen molar-refractivity contribution in [3.8, 4) is 5.75 Å². The molecule has 1 aliphatic heterocycles. The second-order valence-corrected chi connectivity index (χ2v) is 10.6. The van der Waals surface area contributed by atoms with Crippen LogP contribution in [-0.4, -0.2) is 32.1 Å². The van der Waals surface area contributed by atoms with Crippen molar-refractivity contribution in [2.45, 2.75) is 16.1 Å². The second kappa shape index (κ2) is 10.3. The van der Waals surface area contributed by atoms with Gasteiger partial charge in [0.1, 0.15) is 17.3 Å². The average Bonchev–Trinajstić information content (AvgIpc) is 3.46. The van der Waals surface area contributed by atoms with Crippen LogP contribution in [0.15, 0.2) is 82.7 Å². The van der Waals surface area contributed by atoms with Crippen LogP contribution in [0.3, 0.4) is 0 Å². The van der Waals surface area contributed by atoms with Crippen molar-refractivity contribution in [2.24, 2.45) is 0 Å². The van der Waals surface area contributed by atoms with Gasteiger partial charge in [-0.1, -0.05) is 59.0 Å². The summed E-state index contributed by atoms with van der Waals surface area (Å²) in [6, 6.07) is 17.2. The molecule has 37 heavy (non-hydrogen) atoms. The molecule has 1 aromatic heterocycles. The number of rotatable bonds is 6. The molecule has 2 heterocycles. The van der Waals surface area contributed by atoms with Gasteiger partial charge in [0.15, 0.2) is 4.34 Å². The van der Waals surface area contributed by atoms with E-state index in [0.717, 1.165) is 29.0 Å². The highest BCUT2D eigenvalue weighted by molar-refractivity contribution is 8.00. The van der Waals surface area contributed by atoms with E-state index in [-0.39, 0.29) is 22.0 Å². The molecule has 2 N–H and O–H groups in total. The summed E-state index contributed by atoms with van der Waals surface area (Å²) < 4.78 is 14.0. The van der Waals surface area contributed by atoms with Crippen LogP contribution in [0.25, 0.3) is 5.76 Å². The monoisotopic (exact) mass is 553 g/mol. The second-order valence-electron chi connectivity index (χ2n) is 8.03. The number of amides is 1. The number of Topliss-reactive ketones (excluding diaryl/α,β-unsaturated/α-hetero) is 1. The van der Waals surface area contributed by atoms with Crippen LogP contribution < -0.4 is 4.90 Å². The molecule has 0 bridgehead atoms. The van der Waals surface area contributed by atoms with Crippen molar-refractivity contribution in [3.63, 3.8) is 0 Å². The van der Waals surface area contributed by atoms with E-state index in [2.05, 4.69) is 10.2 Å². The topological polar surface area (TPSA) is 104 Å². The maximum Gasteiger partial charge on any atom is 0.301 e. The summed E-state index contributed by atoms with van der Waals surface area (Å²) in [4.78, 5) is 27.6. The van der Waals surface area contributed by atoms with Crippen LogP contribution in [0.2, 0.25) is 5.02 Å². The third-order valence-corrected chi connectivity index (χ3v) is 8.03. The lowest BCUT2D eigenvalue weighted by Gasteiger charge is -2.22. The number of carbonyl (C=O) groups excluding carboxylic acids is 2. The first kappa shape index (κ1) is 24.9. The minimum Gasteiger partial charge on any atom is -0.508 e. The highest BCUT2D eigenvalue weighted by atomic mass is 35.5. The Morgan fingerprint density at radius 1 is 1.00 bits per heavy atom. The third kappa shape index (κ3) is 5.08. The summed E-state index contributed by atoms with van der Waals surface area (Å²) in [6.07, 6.45) is 0. The number of halogens is 2. The molecule has 0 aliphatic carbocycles. The number of thioether (sulfide) groups is 1. The van der Waals surface area contributed by atoms with Gasteiger partial charge in [-0.25, -0.2) is 4.39 Å². The van der Waals surface area contributed by atoms with Crippen LogP contribution >= 0.6 is 34.7 Å². The Kier molecular flexibility index (Phi) is 6.96. The number of anilines is 1. The van der Waals surface area contributed by atoms with Gasteiger partial charge in [0, 0.05) is 16.3 Å². The zero-order chi connectivity index (χ0) is 26.1. The highest BCUT2D eigenvalue weighted by Gasteiger charge is 2.48. The van der Waals surface area contributed by atoms with Crippen molar-refractivity contribution >= 4 is 57.3 Å². The first-order chi connectivity index (χ1) is 17.8. The summed E-state index contributed by atoms with van der Waals surface area (Å²) in [6.45, 7) is 0. The van der Waals surface area contributed by atoms with Crippen molar-refractivity contribution < 1.29 is 24.2 Å². The number of ketones is 1. The number of benzene rings is 3. The van der Waals surface area contributed by atoms with E-state index in [1.807, 2.05) is 12.1 Å². The Morgan fingerprint density at radius 3 is 2.35 bits per heavy atom. The Labute approximate surface area is 223 Å². The number of aromatic nitrogens is 2. The normalized spacial score (nSPS) is 16.9. The molecular weight excluding hydrogens is 537 g/mol. The first-order valence-corrected chi connectivity index (χ1v) is 13.1. The number of aromatic hydroxyl groups is 1. The van der Waals surface area contributed by atoms with E-state index in [9.17, 15) is 24.2 Å². The summed E-state index contributed by atoms with van der Waals surface area (Å²) in [5, 5.41) is 30.0. The fourth-order valence-electron chi connectivity index (χ4n) is 3.85. The number of nitrogens with zero attached hydrogens (tertiary/aromatic N) is 3. The first-order valence-electron chi connectivity index (χ1n) is 10.9. The van der Waals surface area contributed by atoms with Crippen LogP contribution in [0, 0.1) is 5.82 Å². The fraction of sp³-hybridized carbons (Fsp3) is 0.0769. The van der Waals surface area contributed by atoms with Gasteiger partial charge in [0.2, 0.25) is 5.13 Å². The average molecular weight is 554 g/mol. The molecule has 1 atom stereocenters. The van der Waals surface area contributed by atoms with E-state index >= 15 is 0 Å². The minimum atomic E-state index is -1.03. The van der Waals surface area contributed by atoms with Gasteiger partial charge in [0.05, 0.1) is 11.6 Å². The number of hydrogen-bond acceptors (Lipinski definition) is 8. The summed E-state index contributed by atoms with van der Waals surface area (Å²) in [5.74, 6) is -2.16. The summed E-state index contributed by atoms with van der Waals surface area (Å²) >= 11 is 8.49.